The lowest BCUT2D eigenvalue weighted by Gasteiger charge is -2.40. The molecule has 0 bridgehead atoms. The van der Waals surface area contributed by atoms with Crippen molar-refractivity contribution < 1.29 is 4.79 Å². The van der Waals surface area contributed by atoms with Gasteiger partial charge in [-0.1, -0.05) is 12.1 Å². The summed E-state index contributed by atoms with van der Waals surface area (Å²) in [5.74, 6) is 0.207. The van der Waals surface area contributed by atoms with Gasteiger partial charge >= 0.3 is 0 Å². The first-order chi connectivity index (χ1) is 12.0. The van der Waals surface area contributed by atoms with Gasteiger partial charge < -0.3 is 9.88 Å². The molecule has 2 atom stereocenters. The van der Waals surface area contributed by atoms with Crippen LogP contribution in [0.2, 0.25) is 0 Å². The smallest absolute Gasteiger partial charge is 0.230 e. The zero-order chi connectivity index (χ0) is 17.7. The number of hydrogen-bond acceptors (Lipinski definition) is 2. The number of H-pyrrole nitrogens is 1. The molecule has 1 amide bonds. The van der Waals surface area contributed by atoms with Crippen LogP contribution in [0.1, 0.15) is 30.5 Å². The SMILES string of the molecule is CCN(CC)C(=O)C1C=C2c3cc(C)cc4[nH]cc(c34)CC2N(C)C1. The van der Waals surface area contributed by atoms with Gasteiger partial charge in [-0.3, -0.25) is 9.69 Å². The van der Waals surface area contributed by atoms with Crippen LogP contribution in [-0.2, 0) is 11.2 Å². The molecule has 4 heteroatoms. The molecule has 1 aromatic heterocycles. The van der Waals surface area contributed by atoms with Gasteiger partial charge in [0.1, 0.15) is 0 Å². The molecule has 0 spiro atoms. The summed E-state index contributed by atoms with van der Waals surface area (Å²) < 4.78 is 0. The summed E-state index contributed by atoms with van der Waals surface area (Å²) in [6, 6.07) is 4.87. The lowest BCUT2D eigenvalue weighted by Crippen LogP contribution is -2.47. The molecule has 2 aliphatic rings. The standard InChI is InChI=1S/C21H27N3O/c1-5-24(6-2)21(25)15-9-16-17-7-13(3)8-18-20(17)14(11-22-18)10-19(16)23(4)12-15/h7-9,11,15,19,22H,5-6,10,12H2,1-4H3. The summed E-state index contributed by atoms with van der Waals surface area (Å²) in [7, 11) is 2.16. The van der Waals surface area contributed by atoms with Crippen LogP contribution in [0, 0.1) is 12.8 Å². The number of aromatic nitrogens is 1. The third-order valence-electron chi connectivity index (χ3n) is 5.88. The molecule has 4 nitrogen and oxygen atoms in total. The Hall–Kier alpha value is -2.07. The summed E-state index contributed by atoms with van der Waals surface area (Å²) in [5, 5.41) is 1.34. The lowest BCUT2D eigenvalue weighted by atomic mass is 9.79. The number of nitrogens with one attached hydrogen (secondary N) is 1. The molecule has 2 heterocycles. The molecular weight excluding hydrogens is 310 g/mol. The van der Waals surface area contributed by atoms with Crippen LogP contribution in [0.25, 0.3) is 16.5 Å². The van der Waals surface area contributed by atoms with E-state index in [0.717, 1.165) is 26.1 Å². The minimum atomic E-state index is -0.0489. The predicted molar refractivity (Wildman–Crippen MR) is 103 cm³/mol. The number of fused-ring (bicyclic) bond motifs is 2. The Kier molecular flexibility index (Phi) is 3.95. The van der Waals surface area contributed by atoms with E-state index in [1.54, 1.807) is 0 Å². The second-order valence-corrected chi connectivity index (χ2v) is 7.45. The van der Waals surface area contributed by atoms with Crippen molar-refractivity contribution in [3.63, 3.8) is 0 Å². The number of carbonyl (C=O) groups is 1. The third kappa shape index (κ3) is 2.51. The minimum Gasteiger partial charge on any atom is -0.361 e. The maximum Gasteiger partial charge on any atom is 0.230 e. The van der Waals surface area contributed by atoms with E-state index >= 15 is 0 Å². The van der Waals surface area contributed by atoms with Crippen molar-refractivity contribution in [2.75, 3.05) is 26.7 Å². The van der Waals surface area contributed by atoms with Crippen LogP contribution in [-0.4, -0.2) is 53.4 Å². The fourth-order valence-corrected chi connectivity index (χ4v) is 4.59. The van der Waals surface area contributed by atoms with Crippen molar-refractivity contribution in [1.29, 1.82) is 0 Å². The van der Waals surface area contributed by atoms with E-state index in [1.807, 2.05) is 4.90 Å². The molecule has 1 aromatic carbocycles. The molecule has 1 aliphatic heterocycles. The van der Waals surface area contributed by atoms with Gasteiger partial charge in [-0.25, -0.2) is 0 Å². The summed E-state index contributed by atoms with van der Waals surface area (Å²) in [6.07, 6.45) is 5.44. The number of aromatic amines is 1. The van der Waals surface area contributed by atoms with Crippen molar-refractivity contribution >= 4 is 22.4 Å². The first-order valence-corrected chi connectivity index (χ1v) is 9.35. The summed E-state index contributed by atoms with van der Waals surface area (Å²) >= 11 is 0. The molecule has 2 aromatic rings. The Balaban J connectivity index is 1.83. The number of likely N-dealkylation sites (N-methyl/N-ethyl adjacent to an activating group) is 1. The maximum absolute atomic E-state index is 12.9. The fraction of sp³-hybridized carbons (Fsp3) is 0.476. The van der Waals surface area contributed by atoms with Gasteiger partial charge in [-0.2, -0.15) is 0 Å². The van der Waals surface area contributed by atoms with Crippen LogP contribution < -0.4 is 0 Å². The zero-order valence-corrected chi connectivity index (χ0v) is 15.6. The molecule has 4 rings (SSSR count). The number of aryl methyl sites for hydroxylation is 1. The van der Waals surface area contributed by atoms with E-state index in [9.17, 15) is 4.79 Å². The van der Waals surface area contributed by atoms with E-state index in [0.29, 0.717) is 6.04 Å². The van der Waals surface area contributed by atoms with Crippen molar-refractivity contribution in [2.24, 2.45) is 5.92 Å². The number of amides is 1. The number of benzene rings is 1. The maximum atomic E-state index is 12.9. The van der Waals surface area contributed by atoms with Crippen LogP contribution in [0.4, 0.5) is 0 Å². The van der Waals surface area contributed by atoms with Crippen LogP contribution >= 0.6 is 0 Å². The first-order valence-electron chi connectivity index (χ1n) is 9.35. The van der Waals surface area contributed by atoms with Gasteiger partial charge in [0.25, 0.3) is 0 Å². The fourth-order valence-electron chi connectivity index (χ4n) is 4.59. The van der Waals surface area contributed by atoms with Gasteiger partial charge in [0.2, 0.25) is 5.91 Å². The average molecular weight is 337 g/mol. The number of hydrogen-bond donors (Lipinski definition) is 1. The molecule has 0 saturated heterocycles. The molecule has 0 saturated carbocycles. The highest BCUT2D eigenvalue weighted by atomic mass is 16.2. The summed E-state index contributed by atoms with van der Waals surface area (Å²) in [6.45, 7) is 8.61. The van der Waals surface area contributed by atoms with E-state index in [-0.39, 0.29) is 11.8 Å². The number of carbonyl (C=O) groups excluding carboxylic acids is 1. The normalized spacial score (nSPS) is 22.6. The Labute approximate surface area is 149 Å². The zero-order valence-electron chi connectivity index (χ0n) is 15.6. The van der Waals surface area contributed by atoms with E-state index < -0.39 is 0 Å². The Morgan fingerprint density at radius 1 is 1.32 bits per heavy atom. The summed E-state index contributed by atoms with van der Waals surface area (Å²) in [5.41, 5.74) is 6.51. The Bertz CT molecular complexity index is 859. The minimum absolute atomic E-state index is 0.0489. The van der Waals surface area contributed by atoms with Gasteiger partial charge in [0, 0.05) is 42.8 Å². The molecule has 0 radical (unpaired) electrons. The average Bonchev–Trinajstić information content (AvgIpc) is 3.00. The van der Waals surface area contributed by atoms with Crippen molar-refractivity contribution in [3.05, 3.63) is 41.1 Å². The largest absolute Gasteiger partial charge is 0.361 e. The topological polar surface area (TPSA) is 39.3 Å². The molecule has 1 aliphatic carbocycles. The monoisotopic (exact) mass is 337 g/mol. The first kappa shape index (κ1) is 16.4. The van der Waals surface area contributed by atoms with Gasteiger partial charge in [-0.15, -0.1) is 0 Å². The van der Waals surface area contributed by atoms with Crippen LogP contribution in [0.3, 0.4) is 0 Å². The second kappa shape index (κ2) is 6.03. The molecule has 132 valence electrons. The van der Waals surface area contributed by atoms with Crippen LogP contribution in [0.15, 0.2) is 24.4 Å². The van der Waals surface area contributed by atoms with Gasteiger partial charge in [-0.05, 0) is 62.6 Å². The van der Waals surface area contributed by atoms with Crippen molar-refractivity contribution in [3.8, 4) is 0 Å². The van der Waals surface area contributed by atoms with E-state index in [2.05, 4.69) is 62.1 Å². The molecule has 2 unspecified atom stereocenters. The van der Waals surface area contributed by atoms with E-state index in [1.165, 1.54) is 33.2 Å². The molecule has 1 N–H and O–H groups in total. The predicted octanol–water partition coefficient (Wildman–Crippen LogP) is 3.21. The second-order valence-electron chi connectivity index (χ2n) is 7.45. The third-order valence-corrected chi connectivity index (χ3v) is 5.88. The highest BCUT2D eigenvalue weighted by molar-refractivity contribution is 5.99. The van der Waals surface area contributed by atoms with Crippen molar-refractivity contribution in [1.82, 2.24) is 14.8 Å². The number of nitrogens with zero attached hydrogens (tertiary/aromatic N) is 2. The van der Waals surface area contributed by atoms with Crippen LogP contribution in [0.5, 0.6) is 0 Å². The van der Waals surface area contributed by atoms with Crippen molar-refractivity contribution in [2.45, 2.75) is 33.2 Å². The Morgan fingerprint density at radius 2 is 2.08 bits per heavy atom. The quantitative estimate of drug-likeness (QED) is 0.934. The van der Waals surface area contributed by atoms with E-state index in [4.69, 9.17) is 0 Å². The Morgan fingerprint density at radius 3 is 2.80 bits per heavy atom. The summed E-state index contributed by atoms with van der Waals surface area (Å²) in [4.78, 5) is 20.7. The highest BCUT2D eigenvalue weighted by Gasteiger charge is 2.36. The molecule has 25 heavy (non-hydrogen) atoms. The van der Waals surface area contributed by atoms with Gasteiger partial charge in [0.15, 0.2) is 0 Å². The lowest BCUT2D eigenvalue weighted by molar-refractivity contribution is -0.134. The number of rotatable bonds is 3. The van der Waals surface area contributed by atoms with Gasteiger partial charge in [0.05, 0.1) is 5.92 Å². The molecular formula is C21H27N3O. The molecule has 0 fully saturated rings. The highest BCUT2D eigenvalue weighted by Crippen LogP contribution is 2.41.